The Balaban J connectivity index is 1.66. The van der Waals surface area contributed by atoms with Gasteiger partial charge < -0.3 is 16.0 Å². The van der Waals surface area contributed by atoms with E-state index in [1.807, 2.05) is 43.3 Å². The molecule has 0 bridgehead atoms. The Morgan fingerprint density at radius 2 is 1.77 bits per heavy atom. The maximum Gasteiger partial charge on any atom is 0.275 e. The summed E-state index contributed by atoms with van der Waals surface area (Å²) in [7, 11) is 0. The molecule has 0 aliphatic carbocycles. The fraction of sp³-hybridized carbons (Fsp3) is 0.182. The molecule has 0 saturated heterocycles. The number of rotatable bonds is 7. The van der Waals surface area contributed by atoms with Crippen molar-refractivity contribution in [2.45, 2.75) is 26.7 Å². The van der Waals surface area contributed by atoms with Crippen molar-refractivity contribution >= 4 is 45.6 Å². The number of hydrogen-bond acceptors (Lipinski definition) is 5. The Morgan fingerprint density at radius 3 is 2.47 bits per heavy atom. The van der Waals surface area contributed by atoms with Crippen molar-refractivity contribution in [2.24, 2.45) is 0 Å². The van der Waals surface area contributed by atoms with Crippen molar-refractivity contribution in [2.75, 3.05) is 16.0 Å². The molecular formula is C22H22N4O3S. The Labute approximate surface area is 178 Å². The molecule has 0 spiro atoms. The van der Waals surface area contributed by atoms with Gasteiger partial charge >= 0.3 is 0 Å². The normalized spacial score (nSPS) is 10.3. The Hall–Kier alpha value is -3.52. The monoisotopic (exact) mass is 422 g/mol. The molecule has 0 saturated carbocycles. The van der Waals surface area contributed by atoms with Gasteiger partial charge in [-0.3, -0.25) is 14.4 Å². The highest BCUT2D eigenvalue weighted by Crippen LogP contribution is 2.23. The van der Waals surface area contributed by atoms with Crippen molar-refractivity contribution in [3.05, 3.63) is 70.7 Å². The summed E-state index contributed by atoms with van der Waals surface area (Å²) in [6.07, 6.45) is 0.950. The maximum absolute atomic E-state index is 12.6. The lowest BCUT2D eigenvalue weighted by Gasteiger charge is -2.11. The molecule has 0 radical (unpaired) electrons. The van der Waals surface area contributed by atoms with E-state index in [2.05, 4.69) is 20.9 Å². The number of hydrogen-bond donors (Lipinski definition) is 3. The summed E-state index contributed by atoms with van der Waals surface area (Å²) in [5.41, 5.74) is 3.25. The molecule has 3 amide bonds. The second-order valence-corrected chi connectivity index (χ2v) is 7.47. The first-order valence-corrected chi connectivity index (χ1v) is 10.3. The van der Waals surface area contributed by atoms with Gasteiger partial charge in [-0.1, -0.05) is 43.3 Å². The number of nitrogens with one attached hydrogen (secondary N) is 3. The summed E-state index contributed by atoms with van der Waals surface area (Å²) in [5, 5.41) is 10.2. The maximum atomic E-state index is 12.6. The van der Waals surface area contributed by atoms with Gasteiger partial charge in [-0.25, -0.2) is 4.98 Å². The molecule has 3 rings (SSSR count). The highest BCUT2D eigenvalue weighted by atomic mass is 32.1. The molecular weight excluding hydrogens is 400 g/mol. The van der Waals surface area contributed by atoms with E-state index >= 15 is 0 Å². The van der Waals surface area contributed by atoms with Crippen LogP contribution in [0.15, 0.2) is 53.9 Å². The molecule has 3 aromatic rings. The van der Waals surface area contributed by atoms with Crippen LogP contribution < -0.4 is 16.0 Å². The second-order valence-electron chi connectivity index (χ2n) is 6.61. The van der Waals surface area contributed by atoms with Crippen LogP contribution in [0.2, 0.25) is 0 Å². The molecule has 2 aromatic carbocycles. The van der Waals surface area contributed by atoms with Gasteiger partial charge in [0.25, 0.3) is 5.91 Å². The number of amides is 3. The van der Waals surface area contributed by atoms with Gasteiger partial charge in [0, 0.05) is 23.7 Å². The fourth-order valence-corrected chi connectivity index (χ4v) is 3.56. The average Bonchev–Trinajstić information content (AvgIpc) is 3.17. The third kappa shape index (κ3) is 5.74. The molecule has 154 valence electrons. The minimum Gasteiger partial charge on any atom is -0.326 e. The summed E-state index contributed by atoms with van der Waals surface area (Å²) in [4.78, 5) is 40.3. The fourth-order valence-electron chi connectivity index (χ4n) is 2.85. The lowest BCUT2D eigenvalue weighted by Crippen LogP contribution is -2.16. The zero-order chi connectivity index (χ0) is 21.5. The molecule has 0 aliphatic heterocycles. The summed E-state index contributed by atoms with van der Waals surface area (Å²) >= 11 is 1.19. The van der Waals surface area contributed by atoms with E-state index in [9.17, 15) is 14.4 Å². The van der Waals surface area contributed by atoms with Crippen molar-refractivity contribution < 1.29 is 14.4 Å². The van der Waals surface area contributed by atoms with Crippen LogP contribution in [0.3, 0.4) is 0 Å². The lowest BCUT2D eigenvalue weighted by atomic mass is 10.1. The summed E-state index contributed by atoms with van der Waals surface area (Å²) < 4.78 is 0. The predicted molar refractivity (Wildman–Crippen MR) is 119 cm³/mol. The summed E-state index contributed by atoms with van der Waals surface area (Å²) in [5.74, 6) is -0.768. The molecule has 0 fully saturated rings. The molecule has 0 aliphatic rings. The molecule has 0 atom stereocenters. The quantitative estimate of drug-likeness (QED) is 0.534. The highest BCUT2D eigenvalue weighted by Gasteiger charge is 2.15. The number of nitrogens with zero attached hydrogens (tertiary/aromatic N) is 1. The first-order valence-electron chi connectivity index (χ1n) is 9.45. The predicted octanol–water partition coefficient (Wildman–Crippen LogP) is 4.10. The van der Waals surface area contributed by atoms with Gasteiger partial charge in [0.05, 0.1) is 6.42 Å². The number of aromatic nitrogens is 1. The van der Waals surface area contributed by atoms with Crippen LogP contribution in [0.5, 0.6) is 0 Å². The van der Waals surface area contributed by atoms with E-state index in [4.69, 9.17) is 0 Å². The number of anilines is 3. The summed E-state index contributed by atoms with van der Waals surface area (Å²) in [6, 6.07) is 14.8. The van der Waals surface area contributed by atoms with Gasteiger partial charge in [0.1, 0.15) is 5.69 Å². The number of thiazole rings is 1. The Bertz CT molecular complexity index is 1060. The third-order valence-electron chi connectivity index (χ3n) is 4.25. The smallest absolute Gasteiger partial charge is 0.275 e. The molecule has 7 nitrogen and oxygen atoms in total. The Morgan fingerprint density at radius 1 is 1.00 bits per heavy atom. The molecule has 8 heteroatoms. The molecule has 30 heavy (non-hydrogen) atoms. The van der Waals surface area contributed by atoms with Gasteiger partial charge in [-0.05, 0) is 29.7 Å². The number of benzene rings is 2. The SMILES string of the molecule is CCc1ccc(NC(C)=O)cc1NC(=O)c1csc(NC(=O)Cc2ccccc2)n1. The van der Waals surface area contributed by atoms with Crippen molar-refractivity contribution in [1.29, 1.82) is 0 Å². The first kappa shape index (κ1) is 21.2. The lowest BCUT2D eigenvalue weighted by molar-refractivity contribution is -0.116. The second kappa shape index (κ2) is 9.80. The number of carbonyl (C=O) groups is 3. The number of carbonyl (C=O) groups excluding carboxylic acids is 3. The van der Waals surface area contributed by atoms with Gasteiger partial charge in [-0.2, -0.15) is 0 Å². The van der Waals surface area contributed by atoms with Crippen LogP contribution in [0.1, 0.15) is 35.5 Å². The van der Waals surface area contributed by atoms with Crippen LogP contribution >= 0.6 is 11.3 Å². The number of aryl methyl sites for hydroxylation is 1. The van der Waals surface area contributed by atoms with Crippen LogP contribution in [0.25, 0.3) is 0 Å². The van der Waals surface area contributed by atoms with Crippen LogP contribution in [-0.2, 0) is 22.4 Å². The van der Waals surface area contributed by atoms with Gasteiger partial charge in [0.2, 0.25) is 11.8 Å². The third-order valence-corrected chi connectivity index (χ3v) is 5.01. The van der Waals surface area contributed by atoms with Crippen molar-refractivity contribution in [1.82, 2.24) is 4.98 Å². The highest BCUT2D eigenvalue weighted by molar-refractivity contribution is 7.14. The molecule has 0 unspecified atom stereocenters. The van der Waals surface area contributed by atoms with E-state index in [0.29, 0.717) is 22.9 Å². The zero-order valence-corrected chi connectivity index (χ0v) is 17.5. The van der Waals surface area contributed by atoms with Crippen LogP contribution in [-0.4, -0.2) is 22.7 Å². The Kier molecular flexibility index (Phi) is 6.92. The molecule has 3 N–H and O–H groups in total. The summed E-state index contributed by atoms with van der Waals surface area (Å²) in [6.45, 7) is 3.40. The molecule has 1 heterocycles. The van der Waals surface area contributed by atoms with E-state index in [1.165, 1.54) is 18.3 Å². The van der Waals surface area contributed by atoms with Crippen LogP contribution in [0.4, 0.5) is 16.5 Å². The topological polar surface area (TPSA) is 100 Å². The standard InChI is InChI=1S/C22H22N4O3S/c1-3-16-9-10-17(23-14(2)27)12-18(16)24-21(29)19-13-30-22(25-19)26-20(28)11-15-7-5-4-6-8-15/h4-10,12-13H,3,11H2,1-2H3,(H,23,27)(H,24,29)(H,25,26,28). The van der Waals surface area contributed by atoms with E-state index in [0.717, 1.165) is 11.1 Å². The average molecular weight is 423 g/mol. The van der Waals surface area contributed by atoms with E-state index in [-0.39, 0.29) is 29.8 Å². The van der Waals surface area contributed by atoms with E-state index < -0.39 is 0 Å². The zero-order valence-electron chi connectivity index (χ0n) is 16.7. The minimum atomic E-state index is -0.385. The van der Waals surface area contributed by atoms with Crippen LogP contribution in [0, 0.1) is 0 Å². The minimum absolute atomic E-state index is 0.188. The van der Waals surface area contributed by atoms with E-state index in [1.54, 1.807) is 17.5 Å². The first-order chi connectivity index (χ1) is 14.4. The van der Waals surface area contributed by atoms with Gasteiger partial charge in [-0.15, -0.1) is 11.3 Å². The molecule has 1 aromatic heterocycles. The van der Waals surface area contributed by atoms with Crippen molar-refractivity contribution in [3.8, 4) is 0 Å². The van der Waals surface area contributed by atoms with Crippen molar-refractivity contribution in [3.63, 3.8) is 0 Å². The largest absolute Gasteiger partial charge is 0.326 e. The van der Waals surface area contributed by atoms with Gasteiger partial charge in [0.15, 0.2) is 5.13 Å².